The van der Waals surface area contributed by atoms with Gasteiger partial charge in [0, 0.05) is 12.4 Å². The Kier molecular flexibility index (Phi) is 5.72. The molecule has 130 valence electrons. The number of rotatable bonds is 6. The van der Waals surface area contributed by atoms with Crippen LogP contribution >= 0.6 is 0 Å². The van der Waals surface area contributed by atoms with Gasteiger partial charge in [-0.2, -0.15) is 0 Å². The van der Waals surface area contributed by atoms with Crippen molar-refractivity contribution in [3.8, 4) is 0 Å². The molecule has 0 saturated carbocycles. The minimum atomic E-state index is -0.617. The molecular weight excluding hydrogens is 330 g/mol. The van der Waals surface area contributed by atoms with Gasteiger partial charge in [0.15, 0.2) is 0 Å². The van der Waals surface area contributed by atoms with Crippen LogP contribution in [0.1, 0.15) is 31.8 Å². The van der Waals surface area contributed by atoms with Gasteiger partial charge in [-0.25, -0.2) is 9.59 Å². The zero-order chi connectivity index (χ0) is 18.2. The van der Waals surface area contributed by atoms with Gasteiger partial charge in [0.2, 0.25) is 0 Å². The molecule has 0 unspecified atom stereocenters. The third kappa shape index (κ3) is 4.54. The number of carbonyl (C=O) groups excluding carboxylic acids is 2. The summed E-state index contributed by atoms with van der Waals surface area (Å²) < 4.78 is 10.6. The van der Waals surface area contributed by atoms with Crippen molar-refractivity contribution in [2.45, 2.75) is 13.2 Å². The monoisotopic (exact) mass is 347 g/mol. The molecule has 1 heterocycles. The number of ether oxygens (including phenoxy) is 2. The lowest BCUT2D eigenvalue weighted by atomic mass is 10.1. The topological polar surface area (TPSA) is 65.5 Å². The van der Waals surface area contributed by atoms with Gasteiger partial charge in [-0.3, -0.25) is 4.98 Å². The van der Waals surface area contributed by atoms with Gasteiger partial charge in [0.1, 0.15) is 13.2 Å². The standard InChI is InChI=1S/C21H17NO4/c23-20(25-14-16-7-3-1-4-8-16)18-11-12-22-13-19(18)21(24)26-15-17-9-5-2-6-10-17/h1-13H,14-15H2. The van der Waals surface area contributed by atoms with Crippen LogP contribution in [-0.4, -0.2) is 16.9 Å². The minimum absolute atomic E-state index is 0.0847. The molecule has 1 aromatic heterocycles. The van der Waals surface area contributed by atoms with Crippen LogP contribution in [0.25, 0.3) is 0 Å². The third-order valence-corrected chi connectivity index (χ3v) is 3.69. The first-order chi connectivity index (χ1) is 12.7. The smallest absolute Gasteiger partial charge is 0.340 e. The molecule has 5 nitrogen and oxygen atoms in total. The number of benzene rings is 2. The van der Waals surface area contributed by atoms with E-state index in [0.717, 1.165) is 11.1 Å². The third-order valence-electron chi connectivity index (χ3n) is 3.69. The molecule has 0 N–H and O–H groups in total. The molecule has 0 fully saturated rings. The number of esters is 2. The Bertz CT molecular complexity index is 804. The number of carbonyl (C=O) groups is 2. The van der Waals surface area contributed by atoms with E-state index < -0.39 is 11.9 Å². The summed E-state index contributed by atoms with van der Waals surface area (Å²) >= 11 is 0. The Balaban J connectivity index is 1.66. The van der Waals surface area contributed by atoms with E-state index in [-0.39, 0.29) is 24.3 Å². The van der Waals surface area contributed by atoms with Crippen molar-refractivity contribution in [2.24, 2.45) is 0 Å². The maximum absolute atomic E-state index is 12.4. The van der Waals surface area contributed by atoms with Crippen molar-refractivity contribution in [3.63, 3.8) is 0 Å². The highest BCUT2D eigenvalue weighted by atomic mass is 16.5. The SMILES string of the molecule is O=C(OCc1ccccc1)c1ccncc1C(=O)OCc1ccccc1. The number of aromatic nitrogens is 1. The first-order valence-corrected chi connectivity index (χ1v) is 8.10. The molecule has 3 rings (SSSR count). The molecule has 0 aliphatic heterocycles. The molecule has 0 radical (unpaired) electrons. The Labute approximate surface area is 151 Å². The summed E-state index contributed by atoms with van der Waals surface area (Å²) in [5.41, 5.74) is 1.94. The van der Waals surface area contributed by atoms with Gasteiger partial charge in [0.25, 0.3) is 0 Å². The maximum atomic E-state index is 12.4. The molecule has 3 aromatic rings. The summed E-state index contributed by atoms with van der Waals surface area (Å²) in [4.78, 5) is 28.6. The van der Waals surface area contributed by atoms with Crippen LogP contribution < -0.4 is 0 Å². The Morgan fingerprint density at radius 3 is 1.73 bits per heavy atom. The Morgan fingerprint density at radius 2 is 1.19 bits per heavy atom. The predicted octanol–water partition coefficient (Wildman–Crippen LogP) is 3.80. The van der Waals surface area contributed by atoms with Crippen molar-refractivity contribution >= 4 is 11.9 Å². The van der Waals surface area contributed by atoms with Crippen LogP contribution in [0.15, 0.2) is 79.1 Å². The van der Waals surface area contributed by atoms with Crippen molar-refractivity contribution < 1.29 is 19.1 Å². The summed E-state index contributed by atoms with van der Waals surface area (Å²) in [5, 5.41) is 0. The molecule has 2 aromatic carbocycles. The van der Waals surface area contributed by atoms with E-state index in [2.05, 4.69) is 4.98 Å². The molecule has 0 aliphatic carbocycles. The minimum Gasteiger partial charge on any atom is -0.457 e. The lowest BCUT2D eigenvalue weighted by molar-refractivity contribution is 0.0425. The molecule has 0 aliphatic rings. The van der Waals surface area contributed by atoms with E-state index in [9.17, 15) is 9.59 Å². The van der Waals surface area contributed by atoms with Gasteiger partial charge in [-0.05, 0) is 17.2 Å². The van der Waals surface area contributed by atoms with Gasteiger partial charge < -0.3 is 9.47 Å². The highest BCUT2D eigenvalue weighted by molar-refractivity contribution is 6.02. The average Bonchev–Trinajstić information content (AvgIpc) is 2.72. The fourth-order valence-corrected chi connectivity index (χ4v) is 2.34. The van der Waals surface area contributed by atoms with E-state index in [1.54, 1.807) is 0 Å². The highest BCUT2D eigenvalue weighted by Gasteiger charge is 2.19. The van der Waals surface area contributed by atoms with Crippen LogP contribution in [0.3, 0.4) is 0 Å². The summed E-state index contributed by atoms with van der Waals surface area (Å²) in [6.45, 7) is 0.244. The van der Waals surface area contributed by atoms with Gasteiger partial charge in [-0.1, -0.05) is 60.7 Å². The van der Waals surface area contributed by atoms with Gasteiger partial charge >= 0.3 is 11.9 Å². The molecule has 0 saturated heterocycles. The molecular formula is C21H17NO4. The average molecular weight is 347 g/mol. The van der Waals surface area contributed by atoms with Crippen molar-refractivity contribution in [1.82, 2.24) is 4.98 Å². The second kappa shape index (κ2) is 8.58. The maximum Gasteiger partial charge on any atom is 0.340 e. The largest absolute Gasteiger partial charge is 0.457 e. The van der Waals surface area contributed by atoms with Crippen LogP contribution in [0.2, 0.25) is 0 Å². The van der Waals surface area contributed by atoms with Gasteiger partial charge in [-0.15, -0.1) is 0 Å². The molecule has 0 amide bonds. The zero-order valence-corrected chi connectivity index (χ0v) is 14.0. The van der Waals surface area contributed by atoms with E-state index in [1.807, 2.05) is 60.7 Å². The lowest BCUT2D eigenvalue weighted by Crippen LogP contribution is -2.14. The molecule has 26 heavy (non-hydrogen) atoms. The second-order valence-electron chi connectivity index (χ2n) is 5.54. The fourth-order valence-electron chi connectivity index (χ4n) is 2.34. The first-order valence-electron chi connectivity index (χ1n) is 8.10. The number of hydrogen-bond acceptors (Lipinski definition) is 5. The fraction of sp³-hybridized carbons (Fsp3) is 0.0952. The van der Waals surface area contributed by atoms with Crippen LogP contribution in [0.5, 0.6) is 0 Å². The highest BCUT2D eigenvalue weighted by Crippen LogP contribution is 2.13. The quantitative estimate of drug-likeness (QED) is 0.635. The van der Waals surface area contributed by atoms with E-state index in [4.69, 9.17) is 9.47 Å². The molecule has 0 spiro atoms. The normalized spacial score (nSPS) is 10.2. The van der Waals surface area contributed by atoms with Crippen LogP contribution in [-0.2, 0) is 22.7 Å². The predicted molar refractivity (Wildman–Crippen MR) is 95.4 cm³/mol. The van der Waals surface area contributed by atoms with Crippen LogP contribution in [0, 0.1) is 0 Å². The molecule has 0 atom stereocenters. The van der Waals surface area contributed by atoms with E-state index in [0.29, 0.717) is 0 Å². The number of hydrogen-bond donors (Lipinski definition) is 0. The van der Waals surface area contributed by atoms with E-state index in [1.165, 1.54) is 18.5 Å². The van der Waals surface area contributed by atoms with E-state index >= 15 is 0 Å². The van der Waals surface area contributed by atoms with Crippen molar-refractivity contribution in [1.29, 1.82) is 0 Å². The van der Waals surface area contributed by atoms with Gasteiger partial charge in [0.05, 0.1) is 11.1 Å². The number of nitrogens with zero attached hydrogens (tertiary/aromatic N) is 1. The molecule has 0 bridgehead atoms. The summed E-state index contributed by atoms with van der Waals surface area (Å²) in [7, 11) is 0. The molecule has 5 heteroatoms. The Hall–Kier alpha value is -3.47. The van der Waals surface area contributed by atoms with Crippen molar-refractivity contribution in [3.05, 3.63) is 101 Å². The first kappa shape index (κ1) is 17.4. The lowest BCUT2D eigenvalue weighted by Gasteiger charge is -2.09. The summed E-state index contributed by atoms with van der Waals surface area (Å²) in [6.07, 6.45) is 2.75. The van der Waals surface area contributed by atoms with Crippen LogP contribution in [0.4, 0.5) is 0 Å². The Morgan fingerprint density at radius 1 is 0.692 bits per heavy atom. The second-order valence-corrected chi connectivity index (χ2v) is 5.54. The summed E-state index contributed by atoms with van der Waals surface area (Å²) in [6, 6.07) is 20.1. The zero-order valence-electron chi connectivity index (χ0n) is 14.0. The summed E-state index contributed by atoms with van der Waals surface area (Å²) in [5.74, 6) is -1.21. The van der Waals surface area contributed by atoms with Crippen molar-refractivity contribution in [2.75, 3.05) is 0 Å². The number of pyridine rings is 1.